The van der Waals surface area contributed by atoms with E-state index in [0.29, 0.717) is 18.4 Å². The number of rotatable bonds is 8. The maximum absolute atomic E-state index is 14.1. The number of halogens is 2. The van der Waals surface area contributed by atoms with Crippen LogP contribution >= 0.6 is 0 Å². The molecule has 24 heavy (non-hydrogen) atoms. The van der Waals surface area contributed by atoms with Crippen LogP contribution in [0.4, 0.5) is 8.78 Å². The molecule has 2 nitrogen and oxygen atoms in total. The summed E-state index contributed by atoms with van der Waals surface area (Å²) in [6.45, 7) is 0.695. The zero-order chi connectivity index (χ0) is 16.8. The molecule has 0 spiro atoms. The molecule has 1 aromatic carbocycles. The summed E-state index contributed by atoms with van der Waals surface area (Å²) in [6.07, 6.45) is 13.6. The highest BCUT2D eigenvalue weighted by molar-refractivity contribution is 5.35. The topological polar surface area (TPSA) is 18.5 Å². The number of hydrogen-bond acceptors (Lipinski definition) is 2. The summed E-state index contributed by atoms with van der Waals surface area (Å²) in [7, 11) is 0. The Bertz CT molecular complexity index is 561. The summed E-state index contributed by atoms with van der Waals surface area (Å²) in [5.74, 6) is -0.710. The smallest absolute Gasteiger partial charge is 0.204 e. The van der Waals surface area contributed by atoms with E-state index in [1.165, 1.54) is 57.1 Å². The third-order valence-corrected chi connectivity index (χ3v) is 5.16. The molecule has 2 aliphatic rings. The van der Waals surface area contributed by atoms with E-state index in [4.69, 9.17) is 9.47 Å². The highest BCUT2D eigenvalue weighted by Gasteiger charge is 2.18. The van der Waals surface area contributed by atoms with Gasteiger partial charge < -0.3 is 9.47 Å². The van der Waals surface area contributed by atoms with Gasteiger partial charge in [0.1, 0.15) is 6.61 Å². The zero-order valence-corrected chi connectivity index (χ0v) is 14.1. The van der Waals surface area contributed by atoms with Crippen molar-refractivity contribution in [2.45, 2.75) is 51.4 Å². The first kappa shape index (κ1) is 17.2. The predicted molar refractivity (Wildman–Crippen MR) is 90.4 cm³/mol. The van der Waals surface area contributed by atoms with E-state index < -0.39 is 11.6 Å². The van der Waals surface area contributed by atoms with Gasteiger partial charge in [-0.3, -0.25) is 0 Å². The maximum atomic E-state index is 14.1. The van der Waals surface area contributed by atoms with E-state index in [-0.39, 0.29) is 18.1 Å². The van der Waals surface area contributed by atoms with Crippen molar-refractivity contribution in [3.63, 3.8) is 0 Å². The zero-order valence-electron chi connectivity index (χ0n) is 14.1. The average Bonchev–Trinajstić information content (AvgIpc) is 3.04. The van der Waals surface area contributed by atoms with Gasteiger partial charge in [-0.05, 0) is 43.2 Å². The molecule has 3 rings (SSSR count). The van der Waals surface area contributed by atoms with Gasteiger partial charge in [-0.2, -0.15) is 8.78 Å². The van der Waals surface area contributed by atoms with Crippen molar-refractivity contribution in [1.82, 2.24) is 0 Å². The van der Waals surface area contributed by atoms with Gasteiger partial charge in [0, 0.05) is 0 Å². The summed E-state index contributed by atoms with van der Waals surface area (Å²) in [4.78, 5) is 0. The number of allylic oxidation sites excluding steroid dienone is 1. The van der Waals surface area contributed by atoms with E-state index >= 15 is 0 Å². The van der Waals surface area contributed by atoms with Crippen molar-refractivity contribution in [2.24, 2.45) is 11.8 Å². The first-order chi connectivity index (χ1) is 11.7. The number of ether oxygens (including phenoxy) is 2. The molecular formula is C20H26F2O2. The Labute approximate surface area is 142 Å². The molecule has 0 radical (unpaired) electrons. The molecule has 0 saturated heterocycles. The lowest BCUT2D eigenvalue weighted by Crippen LogP contribution is -2.08. The van der Waals surface area contributed by atoms with Gasteiger partial charge in [-0.25, -0.2) is 0 Å². The van der Waals surface area contributed by atoms with Crippen molar-refractivity contribution in [3.05, 3.63) is 35.9 Å². The van der Waals surface area contributed by atoms with E-state index in [0.717, 1.165) is 6.42 Å². The molecule has 1 aromatic rings. The summed E-state index contributed by atoms with van der Waals surface area (Å²) in [5, 5.41) is 0. The highest BCUT2D eigenvalue weighted by atomic mass is 19.2. The Kier molecular flexibility index (Phi) is 6.11. The lowest BCUT2D eigenvalue weighted by Gasteiger charge is -2.21. The van der Waals surface area contributed by atoms with Crippen LogP contribution in [0.1, 0.15) is 51.4 Å². The summed E-state index contributed by atoms with van der Waals surface area (Å²) >= 11 is 0. The number of benzene rings is 1. The van der Waals surface area contributed by atoms with Crippen molar-refractivity contribution >= 4 is 0 Å². The fourth-order valence-electron chi connectivity index (χ4n) is 3.39. The quantitative estimate of drug-likeness (QED) is 0.570. The van der Waals surface area contributed by atoms with Gasteiger partial charge in [-0.15, -0.1) is 0 Å². The Morgan fingerprint density at radius 2 is 1.58 bits per heavy atom. The van der Waals surface area contributed by atoms with Gasteiger partial charge >= 0.3 is 0 Å². The minimum absolute atomic E-state index is 0.0251. The molecule has 0 aliphatic heterocycles. The fraction of sp³-hybridized carbons (Fsp3) is 0.600. The highest BCUT2D eigenvalue weighted by Crippen LogP contribution is 2.30. The van der Waals surface area contributed by atoms with Gasteiger partial charge in [0.25, 0.3) is 0 Å². The summed E-state index contributed by atoms with van der Waals surface area (Å²) < 4.78 is 38.9. The van der Waals surface area contributed by atoms with Crippen molar-refractivity contribution in [3.8, 4) is 11.5 Å². The van der Waals surface area contributed by atoms with Gasteiger partial charge in [-0.1, -0.05) is 44.3 Å². The molecule has 0 bridgehead atoms. The van der Waals surface area contributed by atoms with Crippen molar-refractivity contribution < 1.29 is 18.3 Å². The molecule has 2 fully saturated rings. The second-order valence-corrected chi connectivity index (χ2v) is 6.91. The molecule has 0 unspecified atom stereocenters. The average molecular weight is 336 g/mol. The Morgan fingerprint density at radius 1 is 0.917 bits per heavy atom. The van der Waals surface area contributed by atoms with E-state index in [2.05, 4.69) is 6.08 Å². The number of hydrogen-bond donors (Lipinski definition) is 0. The minimum Gasteiger partial charge on any atom is -0.490 e. The molecule has 2 aliphatic carbocycles. The molecule has 0 N–H and O–H groups in total. The first-order valence-corrected chi connectivity index (χ1v) is 9.14. The second-order valence-electron chi connectivity index (χ2n) is 6.91. The Hall–Kier alpha value is -1.58. The molecule has 0 amide bonds. The molecule has 2 saturated carbocycles. The summed E-state index contributed by atoms with van der Waals surface area (Å²) in [5.41, 5.74) is 0. The van der Waals surface area contributed by atoms with E-state index in [9.17, 15) is 8.78 Å². The largest absolute Gasteiger partial charge is 0.490 e. The predicted octanol–water partition coefficient (Wildman–Crippen LogP) is 5.66. The normalized spacial score (nSPS) is 18.9. The van der Waals surface area contributed by atoms with Crippen LogP contribution in [-0.4, -0.2) is 13.2 Å². The van der Waals surface area contributed by atoms with Crippen LogP contribution in [0.15, 0.2) is 24.3 Å². The third kappa shape index (κ3) is 4.49. The van der Waals surface area contributed by atoms with E-state index in [1.54, 1.807) is 0 Å². The third-order valence-electron chi connectivity index (χ3n) is 5.16. The minimum atomic E-state index is -0.967. The standard InChI is InChI=1S/C20H26F2O2/c21-19-17(23-13-4-9-15-7-3-8-15)10-11-18(20(19)22)24-14-12-16-5-1-2-6-16/h4,9-11,15-16H,1-3,5-8,12-14H2/b9-4+. The van der Waals surface area contributed by atoms with E-state index in [1.807, 2.05) is 6.08 Å². The lowest BCUT2D eigenvalue weighted by molar-refractivity contribution is 0.259. The van der Waals surface area contributed by atoms with Crippen LogP contribution in [0, 0.1) is 23.5 Å². The van der Waals surface area contributed by atoms with Crippen molar-refractivity contribution in [1.29, 1.82) is 0 Å². The molecule has 132 valence electrons. The van der Waals surface area contributed by atoms with Crippen LogP contribution in [0.2, 0.25) is 0 Å². The SMILES string of the molecule is Fc1c(OC/C=C/C2CCC2)ccc(OCCC2CCCC2)c1F. The molecule has 4 heteroatoms. The second kappa shape index (κ2) is 8.50. The summed E-state index contributed by atoms with van der Waals surface area (Å²) in [6, 6.07) is 2.90. The Morgan fingerprint density at radius 3 is 2.21 bits per heavy atom. The molecule has 0 aromatic heterocycles. The maximum Gasteiger partial charge on any atom is 0.204 e. The fourth-order valence-corrected chi connectivity index (χ4v) is 3.39. The lowest BCUT2D eigenvalue weighted by atomic mass is 9.85. The first-order valence-electron chi connectivity index (χ1n) is 9.14. The van der Waals surface area contributed by atoms with Crippen LogP contribution < -0.4 is 9.47 Å². The molecule has 0 atom stereocenters. The molecular weight excluding hydrogens is 310 g/mol. The molecule has 0 heterocycles. The van der Waals surface area contributed by atoms with Crippen LogP contribution in [0.5, 0.6) is 11.5 Å². The van der Waals surface area contributed by atoms with Crippen LogP contribution in [0.25, 0.3) is 0 Å². The van der Waals surface area contributed by atoms with Crippen LogP contribution in [0.3, 0.4) is 0 Å². The van der Waals surface area contributed by atoms with Gasteiger partial charge in [0.2, 0.25) is 11.6 Å². The van der Waals surface area contributed by atoms with Gasteiger partial charge in [0.15, 0.2) is 11.5 Å². The van der Waals surface area contributed by atoms with Gasteiger partial charge in [0.05, 0.1) is 6.61 Å². The van der Waals surface area contributed by atoms with Crippen LogP contribution in [-0.2, 0) is 0 Å². The Balaban J connectivity index is 1.47. The van der Waals surface area contributed by atoms with Crippen molar-refractivity contribution in [2.75, 3.05) is 13.2 Å². The monoisotopic (exact) mass is 336 g/mol.